The molecule has 3 rings (SSSR count). The standard InChI is InChI=1S/C18H21N3O2/c1-13-6-4-7-14-12-15-16(19-17(13)14)8-10-21(18(15)22)23-11-5-9-20(2)3/h4,6-8,10,12H,5,9,11H2,1-3H3. The number of para-hydroxylation sites is 1. The van der Waals surface area contributed by atoms with Crippen LogP contribution in [0.4, 0.5) is 0 Å². The van der Waals surface area contributed by atoms with E-state index in [0.717, 1.165) is 29.4 Å². The van der Waals surface area contributed by atoms with Gasteiger partial charge in [-0.1, -0.05) is 18.2 Å². The van der Waals surface area contributed by atoms with Crippen molar-refractivity contribution in [3.63, 3.8) is 0 Å². The molecule has 0 amide bonds. The predicted molar refractivity (Wildman–Crippen MR) is 92.9 cm³/mol. The Morgan fingerprint density at radius 2 is 2.09 bits per heavy atom. The third-order valence-corrected chi connectivity index (χ3v) is 3.86. The van der Waals surface area contributed by atoms with Crippen molar-refractivity contribution >= 4 is 21.8 Å². The van der Waals surface area contributed by atoms with Gasteiger partial charge >= 0.3 is 0 Å². The first kappa shape index (κ1) is 15.5. The lowest BCUT2D eigenvalue weighted by molar-refractivity contribution is 0.0966. The largest absolute Gasteiger partial charge is 0.411 e. The maximum Gasteiger partial charge on any atom is 0.292 e. The second-order valence-corrected chi connectivity index (χ2v) is 6.00. The highest BCUT2D eigenvalue weighted by Gasteiger charge is 2.08. The van der Waals surface area contributed by atoms with Crippen LogP contribution in [0.1, 0.15) is 12.0 Å². The number of hydrogen-bond donors (Lipinski definition) is 0. The monoisotopic (exact) mass is 311 g/mol. The van der Waals surface area contributed by atoms with Gasteiger partial charge in [0.25, 0.3) is 5.56 Å². The Hall–Kier alpha value is -2.40. The van der Waals surface area contributed by atoms with Crippen molar-refractivity contribution in [2.24, 2.45) is 0 Å². The molecule has 5 nitrogen and oxygen atoms in total. The zero-order valence-corrected chi connectivity index (χ0v) is 13.7. The van der Waals surface area contributed by atoms with Crippen molar-refractivity contribution in [1.82, 2.24) is 14.6 Å². The highest BCUT2D eigenvalue weighted by molar-refractivity contribution is 5.93. The minimum absolute atomic E-state index is 0.164. The first-order valence-electron chi connectivity index (χ1n) is 7.76. The van der Waals surface area contributed by atoms with E-state index < -0.39 is 0 Å². The summed E-state index contributed by atoms with van der Waals surface area (Å²) in [7, 11) is 4.03. The van der Waals surface area contributed by atoms with Crippen LogP contribution in [0.15, 0.2) is 41.3 Å². The molecule has 2 heterocycles. The number of benzene rings is 1. The SMILES string of the molecule is Cc1cccc2cc3c(=O)n(OCCCN(C)C)ccc3nc12. The maximum absolute atomic E-state index is 12.6. The summed E-state index contributed by atoms with van der Waals surface area (Å²) in [5.41, 5.74) is 2.57. The van der Waals surface area contributed by atoms with Gasteiger partial charge in [0.05, 0.1) is 22.6 Å². The molecule has 0 bridgehead atoms. The zero-order valence-electron chi connectivity index (χ0n) is 13.7. The smallest absolute Gasteiger partial charge is 0.292 e. The van der Waals surface area contributed by atoms with Gasteiger partial charge in [0.1, 0.15) is 6.61 Å². The third-order valence-electron chi connectivity index (χ3n) is 3.86. The van der Waals surface area contributed by atoms with Gasteiger partial charge in [0.15, 0.2) is 0 Å². The molecule has 3 aromatic rings. The van der Waals surface area contributed by atoms with Gasteiger partial charge in [0, 0.05) is 11.9 Å². The maximum atomic E-state index is 12.6. The number of aryl methyl sites for hydroxylation is 1. The number of nitrogens with zero attached hydrogens (tertiary/aromatic N) is 3. The third kappa shape index (κ3) is 3.19. The summed E-state index contributed by atoms with van der Waals surface area (Å²) in [6, 6.07) is 9.70. The number of fused-ring (bicyclic) bond motifs is 2. The fourth-order valence-corrected chi connectivity index (χ4v) is 2.63. The van der Waals surface area contributed by atoms with Crippen molar-refractivity contribution in [3.8, 4) is 0 Å². The molecule has 23 heavy (non-hydrogen) atoms. The first-order chi connectivity index (χ1) is 11.1. The molecule has 0 aliphatic carbocycles. The lowest BCUT2D eigenvalue weighted by Crippen LogP contribution is -2.28. The van der Waals surface area contributed by atoms with E-state index in [-0.39, 0.29) is 5.56 Å². The Balaban J connectivity index is 1.95. The van der Waals surface area contributed by atoms with E-state index >= 15 is 0 Å². The first-order valence-corrected chi connectivity index (χ1v) is 7.76. The Kier molecular flexibility index (Phi) is 4.30. The Bertz CT molecular complexity index is 900. The topological polar surface area (TPSA) is 47.4 Å². The van der Waals surface area contributed by atoms with Gasteiger partial charge in [-0.15, -0.1) is 0 Å². The average Bonchev–Trinajstić information content (AvgIpc) is 2.52. The summed E-state index contributed by atoms with van der Waals surface area (Å²) in [4.78, 5) is 24.9. The molecule has 2 aromatic heterocycles. The van der Waals surface area contributed by atoms with E-state index in [4.69, 9.17) is 4.84 Å². The zero-order chi connectivity index (χ0) is 16.4. The van der Waals surface area contributed by atoms with Gasteiger partial charge in [0.2, 0.25) is 0 Å². The Labute approximate surface area is 135 Å². The molecule has 0 spiro atoms. The lowest BCUT2D eigenvalue weighted by Gasteiger charge is -2.12. The normalized spacial score (nSPS) is 11.5. The quantitative estimate of drug-likeness (QED) is 0.535. The highest BCUT2D eigenvalue weighted by atomic mass is 16.7. The molecule has 0 atom stereocenters. The lowest BCUT2D eigenvalue weighted by atomic mass is 10.1. The molecule has 0 unspecified atom stereocenters. The number of rotatable bonds is 5. The molecule has 120 valence electrons. The molecule has 1 aromatic carbocycles. The second kappa shape index (κ2) is 6.38. The fraction of sp³-hybridized carbons (Fsp3) is 0.333. The molecule has 0 aliphatic heterocycles. The average molecular weight is 311 g/mol. The van der Waals surface area contributed by atoms with Crippen LogP contribution in [0.25, 0.3) is 21.8 Å². The van der Waals surface area contributed by atoms with Crippen LogP contribution < -0.4 is 10.4 Å². The molecule has 0 saturated carbocycles. The molecule has 0 radical (unpaired) electrons. The van der Waals surface area contributed by atoms with Crippen molar-refractivity contribution < 1.29 is 4.84 Å². The van der Waals surface area contributed by atoms with E-state index in [2.05, 4.69) is 9.88 Å². The minimum Gasteiger partial charge on any atom is -0.411 e. The fourth-order valence-electron chi connectivity index (χ4n) is 2.63. The van der Waals surface area contributed by atoms with Crippen LogP contribution in [0.5, 0.6) is 0 Å². The number of pyridine rings is 2. The summed E-state index contributed by atoms with van der Waals surface area (Å²) in [5.74, 6) is 0. The molecule has 0 saturated heterocycles. The van der Waals surface area contributed by atoms with E-state index in [9.17, 15) is 4.79 Å². The van der Waals surface area contributed by atoms with E-state index in [0.29, 0.717) is 17.5 Å². The van der Waals surface area contributed by atoms with Gasteiger partial charge in [-0.2, -0.15) is 4.73 Å². The van der Waals surface area contributed by atoms with Crippen LogP contribution >= 0.6 is 0 Å². The second-order valence-electron chi connectivity index (χ2n) is 6.00. The van der Waals surface area contributed by atoms with Crippen molar-refractivity contribution in [2.75, 3.05) is 27.2 Å². The van der Waals surface area contributed by atoms with Gasteiger partial charge < -0.3 is 9.74 Å². The van der Waals surface area contributed by atoms with Crippen molar-refractivity contribution in [3.05, 3.63) is 52.4 Å². The highest BCUT2D eigenvalue weighted by Crippen LogP contribution is 2.19. The van der Waals surface area contributed by atoms with Gasteiger partial charge in [-0.05, 0) is 45.1 Å². The summed E-state index contributed by atoms with van der Waals surface area (Å²) in [6.07, 6.45) is 2.52. The molecule has 0 N–H and O–H groups in total. The van der Waals surface area contributed by atoms with Gasteiger partial charge in [-0.25, -0.2) is 4.98 Å². The minimum atomic E-state index is -0.164. The Morgan fingerprint density at radius 3 is 2.87 bits per heavy atom. The van der Waals surface area contributed by atoms with Crippen LogP contribution in [-0.2, 0) is 0 Å². The summed E-state index contributed by atoms with van der Waals surface area (Å²) in [6.45, 7) is 3.45. The van der Waals surface area contributed by atoms with Crippen LogP contribution in [0.3, 0.4) is 0 Å². The molecule has 5 heteroatoms. The van der Waals surface area contributed by atoms with E-state index in [1.807, 2.05) is 51.4 Å². The van der Waals surface area contributed by atoms with Crippen molar-refractivity contribution in [1.29, 1.82) is 0 Å². The summed E-state index contributed by atoms with van der Waals surface area (Å²) in [5, 5.41) is 1.55. The molecule has 0 fully saturated rings. The van der Waals surface area contributed by atoms with Crippen LogP contribution in [0, 0.1) is 6.92 Å². The van der Waals surface area contributed by atoms with Crippen LogP contribution in [0.2, 0.25) is 0 Å². The Morgan fingerprint density at radius 1 is 1.26 bits per heavy atom. The van der Waals surface area contributed by atoms with Crippen molar-refractivity contribution in [2.45, 2.75) is 13.3 Å². The molecule has 0 aliphatic rings. The van der Waals surface area contributed by atoms with Crippen LogP contribution in [-0.4, -0.2) is 41.9 Å². The molecular weight excluding hydrogens is 290 g/mol. The van der Waals surface area contributed by atoms with E-state index in [1.54, 1.807) is 6.20 Å². The molecular formula is C18H21N3O2. The number of aromatic nitrogens is 2. The van der Waals surface area contributed by atoms with Gasteiger partial charge in [-0.3, -0.25) is 4.79 Å². The summed E-state index contributed by atoms with van der Waals surface area (Å²) < 4.78 is 1.31. The van der Waals surface area contributed by atoms with E-state index in [1.165, 1.54) is 4.73 Å². The number of hydrogen-bond acceptors (Lipinski definition) is 4. The predicted octanol–water partition coefficient (Wildman–Crippen LogP) is 2.24. The summed E-state index contributed by atoms with van der Waals surface area (Å²) >= 11 is 0.